The third-order valence-electron chi connectivity index (χ3n) is 3.62. The third kappa shape index (κ3) is 2.56. The van der Waals surface area contributed by atoms with Crippen LogP contribution in [0.5, 0.6) is 5.75 Å². The van der Waals surface area contributed by atoms with Crippen molar-refractivity contribution >= 4 is 38.5 Å². The Balaban J connectivity index is 1.78. The number of likely N-dealkylation sites (N-methyl/N-ethyl adjacent to an activating group) is 1. The van der Waals surface area contributed by atoms with Gasteiger partial charge in [0.05, 0.1) is 17.3 Å². The molecule has 7 heteroatoms. The van der Waals surface area contributed by atoms with Crippen molar-refractivity contribution in [2.24, 2.45) is 0 Å². The molecule has 2 heterocycles. The lowest BCUT2D eigenvalue weighted by molar-refractivity contribution is -0.131. The number of benzene rings is 1. The van der Waals surface area contributed by atoms with Gasteiger partial charge < -0.3 is 15.0 Å². The number of carbonyl (C=O) groups excluding carboxylic acids is 2. The van der Waals surface area contributed by atoms with Crippen molar-refractivity contribution in [2.75, 3.05) is 19.5 Å². The van der Waals surface area contributed by atoms with Crippen molar-refractivity contribution in [3.8, 4) is 5.75 Å². The molecule has 1 unspecified atom stereocenters. The van der Waals surface area contributed by atoms with Gasteiger partial charge in [-0.1, -0.05) is 11.3 Å². The van der Waals surface area contributed by atoms with Gasteiger partial charge >= 0.3 is 0 Å². The largest absolute Gasteiger partial charge is 0.497 e. The SMILES string of the molecule is COc1ccc2nc(NC(=O)C3CCC(=O)N3C)sc2c1. The number of anilines is 1. The van der Waals surface area contributed by atoms with E-state index in [9.17, 15) is 9.59 Å². The summed E-state index contributed by atoms with van der Waals surface area (Å²) in [5, 5.41) is 3.33. The van der Waals surface area contributed by atoms with E-state index in [0.717, 1.165) is 16.0 Å². The second kappa shape index (κ2) is 5.33. The van der Waals surface area contributed by atoms with Crippen LogP contribution in [-0.4, -0.2) is 41.9 Å². The van der Waals surface area contributed by atoms with E-state index in [1.54, 1.807) is 14.2 Å². The zero-order chi connectivity index (χ0) is 15.0. The lowest BCUT2D eigenvalue weighted by Crippen LogP contribution is -2.38. The number of thiazole rings is 1. The van der Waals surface area contributed by atoms with Crippen molar-refractivity contribution in [2.45, 2.75) is 18.9 Å². The van der Waals surface area contributed by atoms with Crippen LogP contribution in [0.25, 0.3) is 10.2 Å². The molecule has 0 bridgehead atoms. The summed E-state index contributed by atoms with van der Waals surface area (Å²) < 4.78 is 6.11. The standard InChI is InChI=1S/C14H15N3O3S/c1-17-10(5-6-12(17)18)13(19)16-14-15-9-4-3-8(20-2)7-11(9)21-14/h3-4,7,10H,5-6H2,1-2H3,(H,15,16,19). The molecule has 110 valence electrons. The molecule has 1 aromatic carbocycles. The summed E-state index contributed by atoms with van der Waals surface area (Å²) in [6.07, 6.45) is 0.978. The first-order chi connectivity index (χ1) is 10.1. The highest BCUT2D eigenvalue weighted by Crippen LogP contribution is 2.29. The second-order valence-corrected chi connectivity index (χ2v) is 5.93. The third-order valence-corrected chi connectivity index (χ3v) is 4.55. The van der Waals surface area contributed by atoms with Crippen LogP contribution >= 0.6 is 11.3 Å². The normalized spacial score (nSPS) is 18.3. The monoisotopic (exact) mass is 305 g/mol. The Bertz CT molecular complexity index is 713. The summed E-state index contributed by atoms with van der Waals surface area (Å²) in [5.41, 5.74) is 0.812. The molecular weight excluding hydrogens is 290 g/mol. The van der Waals surface area contributed by atoms with Crippen molar-refractivity contribution in [3.05, 3.63) is 18.2 Å². The van der Waals surface area contributed by atoms with E-state index in [2.05, 4.69) is 10.3 Å². The van der Waals surface area contributed by atoms with Gasteiger partial charge in [-0.2, -0.15) is 0 Å². The number of hydrogen-bond donors (Lipinski definition) is 1. The van der Waals surface area contributed by atoms with Gasteiger partial charge in [0, 0.05) is 13.5 Å². The van der Waals surface area contributed by atoms with E-state index < -0.39 is 6.04 Å². The molecule has 1 aliphatic heterocycles. The van der Waals surface area contributed by atoms with Crippen LogP contribution in [0.2, 0.25) is 0 Å². The molecule has 1 fully saturated rings. The zero-order valence-corrected chi connectivity index (χ0v) is 12.6. The van der Waals surface area contributed by atoms with Gasteiger partial charge in [0.2, 0.25) is 11.8 Å². The summed E-state index contributed by atoms with van der Waals surface area (Å²) in [5.74, 6) is 0.573. The minimum Gasteiger partial charge on any atom is -0.497 e. The smallest absolute Gasteiger partial charge is 0.248 e. The minimum absolute atomic E-state index is 0.00388. The average molecular weight is 305 g/mol. The lowest BCUT2D eigenvalue weighted by atomic mass is 10.2. The summed E-state index contributed by atoms with van der Waals surface area (Å²) in [7, 11) is 3.26. The number of amides is 2. The van der Waals surface area contributed by atoms with E-state index in [1.165, 1.54) is 16.2 Å². The predicted molar refractivity (Wildman–Crippen MR) is 80.6 cm³/mol. The molecule has 0 aliphatic carbocycles. The molecule has 6 nitrogen and oxygen atoms in total. The van der Waals surface area contributed by atoms with Crippen LogP contribution in [0, 0.1) is 0 Å². The molecule has 2 aromatic rings. The van der Waals surface area contributed by atoms with Crippen molar-refractivity contribution in [1.82, 2.24) is 9.88 Å². The van der Waals surface area contributed by atoms with Crippen LogP contribution in [0.4, 0.5) is 5.13 Å². The first-order valence-electron chi connectivity index (χ1n) is 6.59. The molecule has 1 aromatic heterocycles. The second-order valence-electron chi connectivity index (χ2n) is 4.90. The Morgan fingerprint density at radius 2 is 2.33 bits per heavy atom. The summed E-state index contributed by atoms with van der Waals surface area (Å²) in [6.45, 7) is 0. The number of carbonyl (C=O) groups is 2. The Morgan fingerprint density at radius 1 is 1.52 bits per heavy atom. The fourth-order valence-corrected chi connectivity index (χ4v) is 3.28. The zero-order valence-electron chi connectivity index (χ0n) is 11.8. The van der Waals surface area contributed by atoms with Gasteiger partial charge in [0.25, 0.3) is 0 Å². The molecule has 0 radical (unpaired) electrons. The van der Waals surface area contributed by atoms with E-state index >= 15 is 0 Å². The first-order valence-corrected chi connectivity index (χ1v) is 7.41. The van der Waals surface area contributed by atoms with E-state index in [-0.39, 0.29) is 11.8 Å². The summed E-state index contributed by atoms with van der Waals surface area (Å²) in [4.78, 5) is 29.5. The number of hydrogen-bond acceptors (Lipinski definition) is 5. The van der Waals surface area contributed by atoms with E-state index in [0.29, 0.717) is 18.0 Å². The highest BCUT2D eigenvalue weighted by atomic mass is 32.1. The van der Waals surface area contributed by atoms with E-state index in [1.807, 2.05) is 18.2 Å². The Morgan fingerprint density at radius 3 is 3.00 bits per heavy atom. The number of nitrogens with one attached hydrogen (secondary N) is 1. The van der Waals surface area contributed by atoms with Crippen molar-refractivity contribution in [1.29, 1.82) is 0 Å². The highest BCUT2D eigenvalue weighted by Gasteiger charge is 2.33. The number of likely N-dealkylation sites (tertiary alicyclic amines) is 1. The molecule has 0 saturated carbocycles. The van der Waals surface area contributed by atoms with Crippen molar-refractivity contribution in [3.63, 3.8) is 0 Å². The molecule has 1 N–H and O–H groups in total. The number of fused-ring (bicyclic) bond motifs is 1. The lowest BCUT2D eigenvalue weighted by Gasteiger charge is -2.18. The molecule has 0 spiro atoms. The molecule has 21 heavy (non-hydrogen) atoms. The number of rotatable bonds is 3. The van der Waals surface area contributed by atoms with Crippen LogP contribution in [0.3, 0.4) is 0 Å². The quantitative estimate of drug-likeness (QED) is 0.939. The van der Waals surface area contributed by atoms with Crippen LogP contribution < -0.4 is 10.1 Å². The average Bonchev–Trinajstić information content (AvgIpc) is 3.01. The number of methoxy groups -OCH3 is 1. The fourth-order valence-electron chi connectivity index (χ4n) is 2.39. The molecule has 3 rings (SSSR count). The maximum atomic E-state index is 12.2. The molecule has 1 atom stereocenters. The van der Waals surface area contributed by atoms with Gasteiger partial charge in [0.1, 0.15) is 11.8 Å². The maximum absolute atomic E-state index is 12.2. The van der Waals surface area contributed by atoms with Gasteiger partial charge in [-0.25, -0.2) is 4.98 Å². The maximum Gasteiger partial charge on any atom is 0.248 e. The van der Waals surface area contributed by atoms with Crippen LogP contribution in [-0.2, 0) is 9.59 Å². The fraction of sp³-hybridized carbons (Fsp3) is 0.357. The van der Waals surface area contributed by atoms with Gasteiger partial charge in [-0.15, -0.1) is 0 Å². The van der Waals surface area contributed by atoms with Crippen LogP contribution in [0.1, 0.15) is 12.8 Å². The first kappa shape index (κ1) is 13.8. The highest BCUT2D eigenvalue weighted by molar-refractivity contribution is 7.22. The Hall–Kier alpha value is -2.15. The summed E-state index contributed by atoms with van der Waals surface area (Å²) >= 11 is 1.39. The van der Waals surface area contributed by atoms with Crippen LogP contribution in [0.15, 0.2) is 18.2 Å². The molecule has 1 aliphatic rings. The molecular formula is C14H15N3O3S. The number of ether oxygens (including phenoxy) is 1. The minimum atomic E-state index is -0.404. The Labute approximate surface area is 125 Å². The topological polar surface area (TPSA) is 71.5 Å². The number of aromatic nitrogens is 1. The molecule has 2 amide bonds. The van der Waals surface area contributed by atoms with Gasteiger partial charge in [0.15, 0.2) is 5.13 Å². The van der Waals surface area contributed by atoms with E-state index in [4.69, 9.17) is 4.74 Å². The summed E-state index contributed by atoms with van der Waals surface area (Å²) in [6, 6.07) is 5.16. The Kier molecular flexibility index (Phi) is 3.50. The molecule has 1 saturated heterocycles. The number of nitrogens with zero attached hydrogens (tertiary/aromatic N) is 2. The predicted octanol–water partition coefficient (Wildman–Crippen LogP) is 1.86. The van der Waals surface area contributed by atoms with Crippen molar-refractivity contribution < 1.29 is 14.3 Å². The van der Waals surface area contributed by atoms with Gasteiger partial charge in [-0.3, -0.25) is 9.59 Å². The van der Waals surface area contributed by atoms with Gasteiger partial charge in [-0.05, 0) is 24.6 Å².